The third kappa shape index (κ3) is 1.91. The van der Waals surface area contributed by atoms with Gasteiger partial charge in [0.05, 0.1) is 7.11 Å². The molecule has 0 aliphatic carbocycles. The van der Waals surface area contributed by atoms with E-state index in [1.807, 2.05) is 6.92 Å². The summed E-state index contributed by atoms with van der Waals surface area (Å²) in [6.07, 6.45) is 1.02. The molecule has 1 rings (SSSR count). The molecule has 1 saturated heterocycles. The van der Waals surface area contributed by atoms with Gasteiger partial charge in [0.1, 0.15) is 6.04 Å². The van der Waals surface area contributed by atoms with Crippen molar-refractivity contribution in [3.63, 3.8) is 0 Å². The van der Waals surface area contributed by atoms with Crippen LogP contribution >= 0.6 is 0 Å². The zero-order valence-electron chi connectivity index (χ0n) is 6.79. The van der Waals surface area contributed by atoms with Crippen LogP contribution in [0.3, 0.4) is 0 Å². The average molecular weight is 159 g/mol. The fourth-order valence-electron chi connectivity index (χ4n) is 1.28. The molecule has 64 valence electrons. The summed E-state index contributed by atoms with van der Waals surface area (Å²) in [6, 6.07) is -0.185. The highest BCUT2D eigenvalue weighted by Gasteiger charge is 2.31. The summed E-state index contributed by atoms with van der Waals surface area (Å²) in [7, 11) is 1.33. The second-order valence-corrected chi connectivity index (χ2v) is 2.77. The molecule has 0 amide bonds. The monoisotopic (exact) mass is 159 g/mol. The Morgan fingerprint density at radius 2 is 2.36 bits per heavy atom. The van der Waals surface area contributed by atoms with Crippen LogP contribution in [0.2, 0.25) is 0 Å². The van der Waals surface area contributed by atoms with E-state index < -0.39 is 0 Å². The van der Waals surface area contributed by atoms with Crippen LogP contribution in [0, 0.1) is 5.92 Å². The van der Waals surface area contributed by atoms with Crippen LogP contribution in [0.25, 0.3) is 0 Å². The number of carbonyl (C=O) groups excluding carboxylic acids is 1. The Morgan fingerprint density at radius 3 is 2.82 bits per heavy atom. The molecular weight excluding hydrogens is 146 g/mol. The number of hydrogen-bond acceptors (Lipinski definition) is 4. The Morgan fingerprint density at radius 1 is 1.64 bits per heavy atom. The summed E-state index contributed by atoms with van der Waals surface area (Å²) in [5.41, 5.74) is 0. The van der Waals surface area contributed by atoms with Crippen LogP contribution in [-0.4, -0.2) is 25.7 Å². The van der Waals surface area contributed by atoms with E-state index in [9.17, 15) is 4.79 Å². The van der Waals surface area contributed by atoms with Gasteiger partial charge >= 0.3 is 5.97 Å². The van der Waals surface area contributed by atoms with Gasteiger partial charge in [-0.1, -0.05) is 6.92 Å². The maximum Gasteiger partial charge on any atom is 0.359 e. The molecule has 0 saturated carbocycles. The molecule has 0 spiro atoms. The number of rotatable bonds is 2. The SMILES string of the molecule is COOC(=O)C1NCCC1C. The summed E-state index contributed by atoms with van der Waals surface area (Å²) >= 11 is 0. The van der Waals surface area contributed by atoms with Gasteiger partial charge in [0.25, 0.3) is 0 Å². The zero-order chi connectivity index (χ0) is 8.27. The van der Waals surface area contributed by atoms with E-state index in [0.29, 0.717) is 5.92 Å². The molecule has 11 heavy (non-hydrogen) atoms. The second-order valence-electron chi connectivity index (χ2n) is 2.77. The van der Waals surface area contributed by atoms with Gasteiger partial charge < -0.3 is 5.32 Å². The summed E-state index contributed by atoms with van der Waals surface area (Å²) in [4.78, 5) is 19.7. The first-order chi connectivity index (χ1) is 5.25. The van der Waals surface area contributed by atoms with Crippen LogP contribution in [0.5, 0.6) is 0 Å². The van der Waals surface area contributed by atoms with Crippen LogP contribution in [-0.2, 0) is 14.6 Å². The van der Waals surface area contributed by atoms with Gasteiger partial charge in [-0.05, 0) is 18.9 Å². The molecule has 1 aliphatic rings. The van der Waals surface area contributed by atoms with Gasteiger partial charge in [-0.15, -0.1) is 0 Å². The van der Waals surface area contributed by atoms with E-state index in [1.54, 1.807) is 0 Å². The lowest BCUT2D eigenvalue weighted by atomic mass is 10.0. The number of carbonyl (C=O) groups is 1. The van der Waals surface area contributed by atoms with Crippen molar-refractivity contribution >= 4 is 5.97 Å². The standard InChI is InChI=1S/C7H13NO3/c1-5-3-4-8-6(5)7(9)11-10-2/h5-6,8H,3-4H2,1-2H3. The topological polar surface area (TPSA) is 47.6 Å². The van der Waals surface area contributed by atoms with Gasteiger partial charge in [-0.25, -0.2) is 4.79 Å². The van der Waals surface area contributed by atoms with Crippen molar-refractivity contribution in [2.45, 2.75) is 19.4 Å². The molecule has 4 nitrogen and oxygen atoms in total. The Labute approximate surface area is 65.8 Å². The molecule has 0 aromatic carbocycles. The van der Waals surface area contributed by atoms with Crippen molar-refractivity contribution in [1.29, 1.82) is 0 Å². The summed E-state index contributed by atoms with van der Waals surface area (Å²) in [5.74, 6) is 0.0233. The van der Waals surface area contributed by atoms with Crippen molar-refractivity contribution in [2.24, 2.45) is 5.92 Å². The molecule has 0 aromatic heterocycles. The van der Waals surface area contributed by atoms with Crippen molar-refractivity contribution < 1.29 is 14.6 Å². The normalized spacial score (nSPS) is 30.4. The van der Waals surface area contributed by atoms with Crippen molar-refractivity contribution in [3.8, 4) is 0 Å². The lowest BCUT2D eigenvalue weighted by Crippen LogP contribution is -2.36. The predicted octanol–water partition coefficient (Wildman–Crippen LogP) is 0.0890. The molecular formula is C7H13NO3. The first kappa shape index (κ1) is 8.49. The maximum atomic E-state index is 11.0. The lowest BCUT2D eigenvalue weighted by molar-refractivity contribution is -0.257. The van der Waals surface area contributed by atoms with E-state index in [1.165, 1.54) is 7.11 Å². The minimum absolute atomic E-state index is 0.185. The molecule has 4 heteroatoms. The third-order valence-corrected chi connectivity index (χ3v) is 1.95. The minimum atomic E-state index is -0.322. The molecule has 1 heterocycles. The van der Waals surface area contributed by atoms with Crippen molar-refractivity contribution in [3.05, 3.63) is 0 Å². The largest absolute Gasteiger partial charge is 0.359 e. The molecule has 0 bridgehead atoms. The quantitative estimate of drug-likeness (QED) is 0.458. The van der Waals surface area contributed by atoms with E-state index in [0.717, 1.165) is 13.0 Å². The molecule has 1 N–H and O–H groups in total. The van der Waals surface area contributed by atoms with E-state index >= 15 is 0 Å². The maximum absolute atomic E-state index is 11.0. The molecule has 2 unspecified atom stereocenters. The smallest absolute Gasteiger partial charge is 0.304 e. The van der Waals surface area contributed by atoms with E-state index in [4.69, 9.17) is 0 Å². The lowest BCUT2D eigenvalue weighted by Gasteiger charge is -2.11. The zero-order valence-corrected chi connectivity index (χ0v) is 6.79. The highest BCUT2D eigenvalue weighted by molar-refractivity contribution is 5.75. The van der Waals surface area contributed by atoms with Crippen molar-refractivity contribution in [2.75, 3.05) is 13.7 Å². The predicted molar refractivity (Wildman–Crippen MR) is 38.7 cm³/mol. The molecule has 1 aliphatic heterocycles. The Bertz CT molecular complexity index is 149. The summed E-state index contributed by atoms with van der Waals surface area (Å²) < 4.78 is 0. The molecule has 1 fully saturated rings. The highest BCUT2D eigenvalue weighted by Crippen LogP contribution is 2.15. The number of nitrogens with one attached hydrogen (secondary N) is 1. The van der Waals surface area contributed by atoms with Crippen LogP contribution in [0.1, 0.15) is 13.3 Å². The van der Waals surface area contributed by atoms with Gasteiger partial charge in [0.2, 0.25) is 0 Å². The second kappa shape index (κ2) is 3.69. The summed E-state index contributed by atoms with van der Waals surface area (Å²) in [5, 5.41) is 3.04. The van der Waals surface area contributed by atoms with Crippen molar-refractivity contribution in [1.82, 2.24) is 5.32 Å². The summed E-state index contributed by atoms with van der Waals surface area (Å²) in [6.45, 7) is 2.90. The Kier molecular flexibility index (Phi) is 2.84. The van der Waals surface area contributed by atoms with Crippen LogP contribution in [0.4, 0.5) is 0 Å². The van der Waals surface area contributed by atoms with Crippen LogP contribution < -0.4 is 5.32 Å². The fraction of sp³-hybridized carbons (Fsp3) is 0.857. The van der Waals surface area contributed by atoms with Gasteiger partial charge in [-0.3, -0.25) is 4.89 Å². The minimum Gasteiger partial charge on any atom is -0.304 e. The van der Waals surface area contributed by atoms with E-state index in [-0.39, 0.29) is 12.0 Å². The van der Waals surface area contributed by atoms with Gasteiger partial charge in [0, 0.05) is 0 Å². The molecule has 0 aromatic rings. The van der Waals surface area contributed by atoms with Crippen LogP contribution in [0.15, 0.2) is 0 Å². The first-order valence-corrected chi connectivity index (χ1v) is 3.73. The average Bonchev–Trinajstić information content (AvgIpc) is 2.36. The molecule has 0 radical (unpaired) electrons. The first-order valence-electron chi connectivity index (χ1n) is 3.73. The molecule has 2 atom stereocenters. The van der Waals surface area contributed by atoms with E-state index in [2.05, 4.69) is 15.1 Å². The van der Waals surface area contributed by atoms with Gasteiger partial charge in [-0.2, -0.15) is 4.89 Å². The Balaban J connectivity index is 2.39. The third-order valence-electron chi connectivity index (χ3n) is 1.95. The van der Waals surface area contributed by atoms with Gasteiger partial charge in [0.15, 0.2) is 0 Å². The fourth-order valence-corrected chi connectivity index (χ4v) is 1.28. The number of hydrogen-bond donors (Lipinski definition) is 1. The highest BCUT2D eigenvalue weighted by atomic mass is 17.2. The Hall–Kier alpha value is -0.610.